The lowest BCUT2D eigenvalue weighted by molar-refractivity contribution is 0.222. The Morgan fingerprint density at radius 2 is 2.05 bits per heavy atom. The molecule has 1 saturated heterocycles. The first-order valence-electron chi connectivity index (χ1n) is 7.46. The fourth-order valence-electron chi connectivity index (χ4n) is 3.48. The van der Waals surface area contributed by atoms with Crippen molar-refractivity contribution < 1.29 is 4.42 Å². The average Bonchev–Trinajstić information content (AvgIpc) is 2.69. The van der Waals surface area contributed by atoms with Gasteiger partial charge in [0.05, 0.1) is 0 Å². The van der Waals surface area contributed by atoms with E-state index in [0.29, 0.717) is 17.5 Å². The van der Waals surface area contributed by atoms with Gasteiger partial charge in [0, 0.05) is 24.1 Å². The van der Waals surface area contributed by atoms with E-state index in [1.165, 1.54) is 42.1 Å². The van der Waals surface area contributed by atoms with E-state index in [9.17, 15) is 0 Å². The van der Waals surface area contributed by atoms with Gasteiger partial charge in [-0.1, -0.05) is 13.8 Å². The summed E-state index contributed by atoms with van der Waals surface area (Å²) in [4.78, 5) is 0. The second kappa shape index (κ2) is 5.17. The van der Waals surface area contributed by atoms with E-state index in [2.05, 4.69) is 43.9 Å². The molecule has 3 heteroatoms. The van der Waals surface area contributed by atoms with Gasteiger partial charge >= 0.3 is 0 Å². The molecule has 2 nitrogen and oxygen atoms in total. The molecule has 1 fully saturated rings. The highest BCUT2D eigenvalue weighted by molar-refractivity contribution is 7.99. The van der Waals surface area contributed by atoms with Crippen molar-refractivity contribution >= 4 is 11.8 Å². The SMILES string of the molecule is Cc1cc2c(o1)CC(C)(C)CC2NC1CCSCC1. The highest BCUT2D eigenvalue weighted by Crippen LogP contribution is 2.42. The Balaban J connectivity index is 1.79. The van der Waals surface area contributed by atoms with E-state index < -0.39 is 0 Å². The van der Waals surface area contributed by atoms with Crippen LogP contribution < -0.4 is 5.32 Å². The van der Waals surface area contributed by atoms with E-state index in [1.807, 2.05) is 0 Å². The first kappa shape index (κ1) is 13.6. The summed E-state index contributed by atoms with van der Waals surface area (Å²) in [6, 6.07) is 3.44. The second-order valence-corrected chi connectivity index (χ2v) is 8.11. The molecule has 1 aliphatic carbocycles. The van der Waals surface area contributed by atoms with Crippen LogP contribution in [0.3, 0.4) is 0 Å². The second-order valence-electron chi connectivity index (χ2n) is 6.89. The number of furan rings is 1. The molecule has 2 aliphatic rings. The molecule has 2 heterocycles. The summed E-state index contributed by atoms with van der Waals surface area (Å²) in [5, 5.41) is 3.91. The maximum absolute atomic E-state index is 5.92. The Morgan fingerprint density at radius 1 is 1.32 bits per heavy atom. The van der Waals surface area contributed by atoms with Gasteiger partial charge in [-0.05, 0) is 49.2 Å². The van der Waals surface area contributed by atoms with Crippen molar-refractivity contribution in [2.24, 2.45) is 5.41 Å². The molecular formula is C16H25NOS. The average molecular weight is 279 g/mol. The third-order valence-corrected chi connectivity index (χ3v) is 5.44. The molecular weight excluding hydrogens is 254 g/mol. The van der Waals surface area contributed by atoms with Crippen molar-refractivity contribution in [2.75, 3.05) is 11.5 Å². The van der Waals surface area contributed by atoms with Crippen LogP contribution in [0.1, 0.15) is 56.2 Å². The fourth-order valence-corrected chi connectivity index (χ4v) is 4.59. The normalized spacial score (nSPS) is 27.2. The Kier molecular flexibility index (Phi) is 3.69. The summed E-state index contributed by atoms with van der Waals surface area (Å²) >= 11 is 2.09. The van der Waals surface area contributed by atoms with Crippen LogP contribution in [0.25, 0.3) is 0 Å². The molecule has 0 amide bonds. The summed E-state index contributed by atoms with van der Waals surface area (Å²) in [5.41, 5.74) is 1.77. The summed E-state index contributed by atoms with van der Waals surface area (Å²) < 4.78 is 5.92. The smallest absolute Gasteiger partial charge is 0.109 e. The highest BCUT2D eigenvalue weighted by atomic mass is 32.2. The van der Waals surface area contributed by atoms with Crippen molar-refractivity contribution in [1.29, 1.82) is 0 Å². The van der Waals surface area contributed by atoms with Crippen molar-refractivity contribution in [3.63, 3.8) is 0 Å². The van der Waals surface area contributed by atoms with Gasteiger partial charge in [-0.2, -0.15) is 11.8 Å². The molecule has 0 radical (unpaired) electrons. The van der Waals surface area contributed by atoms with Crippen molar-refractivity contribution in [3.05, 3.63) is 23.2 Å². The van der Waals surface area contributed by atoms with Crippen LogP contribution in [-0.2, 0) is 6.42 Å². The molecule has 1 N–H and O–H groups in total. The minimum atomic E-state index is 0.346. The van der Waals surface area contributed by atoms with Gasteiger partial charge in [0.1, 0.15) is 11.5 Å². The number of hydrogen-bond acceptors (Lipinski definition) is 3. The van der Waals surface area contributed by atoms with Gasteiger partial charge in [-0.15, -0.1) is 0 Å². The van der Waals surface area contributed by atoms with Crippen LogP contribution in [-0.4, -0.2) is 17.5 Å². The van der Waals surface area contributed by atoms with E-state index in [1.54, 1.807) is 0 Å². The fraction of sp³-hybridized carbons (Fsp3) is 0.750. The first-order chi connectivity index (χ1) is 9.03. The zero-order valence-electron chi connectivity index (χ0n) is 12.3. The molecule has 0 spiro atoms. The zero-order valence-corrected chi connectivity index (χ0v) is 13.1. The number of fused-ring (bicyclic) bond motifs is 1. The van der Waals surface area contributed by atoms with Gasteiger partial charge < -0.3 is 9.73 Å². The molecule has 0 aromatic carbocycles. The van der Waals surface area contributed by atoms with E-state index in [4.69, 9.17) is 4.42 Å². The van der Waals surface area contributed by atoms with Crippen molar-refractivity contribution in [2.45, 2.75) is 58.5 Å². The largest absolute Gasteiger partial charge is 0.466 e. The van der Waals surface area contributed by atoms with Crippen LogP contribution in [0.4, 0.5) is 0 Å². The van der Waals surface area contributed by atoms with E-state index in [0.717, 1.165) is 12.2 Å². The number of hydrogen-bond donors (Lipinski definition) is 1. The maximum atomic E-state index is 5.92. The molecule has 19 heavy (non-hydrogen) atoms. The lowest BCUT2D eigenvalue weighted by Gasteiger charge is -2.37. The van der Waals surface area contributed by atoms with E-state index >= 15 is 0 Å². The van der Waals surface area contributed by atoms with Crippen LogP contribution in [0, 0.1) is 12.3 Å². The lowest BCUT2D eigenvalue weighted by atomic mass is 9.74. The van der Waals surface area contributed by atoms with Gasteiger partial charge in [-0.25, -0.2) is 0 Å². The molecule has 106 valence electrons. The van der Waals surface area contributed by atoms with Crippen LogP contribution in [0.5, 0.6) is 0 Å². The Labute approximate surface area is 120 Å². The number of thioether (sulfide) groups is 1. The minimum absolute atomic E-state index is 0.346. The van der Waals surface area contributed by atoms with Crippen molar-refractivity contribution in [3.8, 4) is 0 Å². The lowest BCUT2D eigenvalue weighted by Crippen LogP contribution is -2.40. The third kappa shape index (κ3) is 3.03. The number of nitrogens with one attached hydrogen (secondary N) is 1. The molecule has 1 unspecified atom stereocenters. The standard InChI is InChI=1S/C16H25NOS/c1-11-8-13-14(17-12-4-6-19-7-5-12)9-16(2,3)10-15(13)18-11/h8,12,14,17H,4-7,9-10H2,1-3H3. The Hall–Kier alpha value is -0.410. The first-order valence-corrected chi connectivity index (χ1v) is 8.62. The molecule has 1 aromatic heterocycles. The van der Waals surface area contributed by atoms with Gasteiger partial charge in [0.25, 0.3) is 0 Å². The quantitative estimate of drug-likeness (QED) is 0.883. The monoisotopic (exact) mass is 279 g/mol. The predicted octanol–water partition coefficient (Wildman–Crippen LogP) is 4.09. The Morgan fingerprint density at radius 3 is 2.79 bits per heavy atom. The molecule has 1 aliphatic heterocycles. The Bertz CT molecular complexity index is 446. The summed E-state index contributed by atoms with van der Waals surface area (Å²) in [5.74, 6) is 4.90. The highest BCUT2D eigenvalue weighted by Gasteiger charge is 2.35. The number of rotatable bonds is 2. The van der Waals surface area contributed by atoms with Gasteiger partial charge in [-0.3, -0.25) is 0 Å². The van der Waals surface area contributed by atoms with Crippen LogP contribution in [0.2, 0.25) is 0 Å². The van der Waals surface area contributed by atoms with Crippen LogP contribution >= 0.6 is 11.8 Å². The molecule has 1 atom stereocenters. The maximum Gasteiger partial charge on any atom is 0.109 e. The minimum Gasteiger partial charge on any atom is -0.466 e. The number of aryl methyl sites for hydroxylation is 1. The molecule has 0 saturated carbocycles. The van der Waals surface area contributed by atoms with Crippen molar-refractivity contribution in [1.82, 2.24) is 5.32 Å². The predicted molar refractivity (Wildman–Crippen MR) is 81.8 cm³/mol. The van der Waals surface area contributed by atoms with E-state index in [-0.39, 0.29) is 0 Å². The summed E-state index contributed by atoms with van der Waals surface area (Å²) in [6.07, 6.45) is 4.93. The zero-order chi connectivity index (χ0) is 13.5. The topological polar surface area (TPSA) is 25.2 Å². The van der Waals surface area contributed by atoms with Gasteiger partial charge in [0.2, 0.25) is 0 Å². The summed E-state index contributed by atoms with van der Waals surface area (Å²) in [7, 11) is 0. The molecule has 3 rings (SSSR count). The molecule has 1 aromatic rings. The van der Waals surface area contributed by atoms with Crippen LogP contribution in [0.15, 0.2) is 10.5 Å². The summed E-state index contributed by atoms with van der Waals surface area (Å²) in [6.45, 7) is 6.79. The van der Waals surface area contributed by atoms with Gasteiger partial charge in [0.15, 0.2) is 0 Å². The molecule has 0 bridgehead atoms. The third-order valence-electron chi connectivity index (χ3n) is 4.39.